The molecule has 1 aliphatic heterocycles. The van der Waals surface area contributed by atoms with Gasteiger partial charge in [-0.25, -0.2) is 4.68 Å². The molecule has 2 atom stereocenters. The van der Waals surface area contributed by atoms with Gasteiger partial charge in [0.05, 0.1) is 36.5 Å². The molecule has 1 amide bonds. The Morgan fingerprint density at radius 1 is 1.06 bits per heavy atom. The zero-order valence-corrected chi connectivity index (χ0v) is 20.6. The van der Waals surface area contributed by atoms with E-state index in [9.17, 15) is 4.79 Å². The molecule has 0 aliphatic carbocycles. The van der Waals surface area contributed by atoms with Crippen molar-refractivity contribution in [3.8, 4) is 11.5 Å². The zero-order chi connectivity index (χ0) is 24.2. The quantitative estimate of drug-likeness (QED) is 0.431. The lowest BCUT2D eigenvalue weighted by Gasteiger charge is -2.29. The van der Waals surface area contributed by atoms with Crippen molar-refractivity contribution in [3.05, 3.63) is 95.9 Å². The smallest absolute Gasteiger partial charge is 0.233 e. The lowest BCUT2D eigenvalue weighted by Crippen LogP contribution is -3.12. The Morgan fingerprint density at radius 2 is 1.86 bits per heavy atom. The van der Waals surface area contributed by atoms with Crippen LogP contribution in [0.25, 0.3) is 11.5 Å². The first-order valence-electron chi connectivity index (χ1n) is 12.6. The van der Waals surface area contributed by atoms with Crippen LogP contribution in [0.3, 0.4) is 0 Å². The molecule has 0 saturated carbocycles. The third-order valence-corrected chi connectivity index (χ3v) is 7.08. The third-order valence-electron chi connectivity index (χ3n) is 7.08. The van der Waals surface area contributed by atoms with E-state index < -0.39 is 0 Å². The molecule has 1 saturated heterocycles. The summed E-state index contributed by atoms with van der Waals surface area (Å²) < 4.78 is 4.14. The van der Waals surface area contributed by atoms with Gasteiger partial charge in [0.2, 0.25) is 5.91 Å². The fraction of sp³-hybridized carbons (Fsp3) is 0.310. The number of nitrogens with zero attached hydrogens (tertiary/aromatic N) is 3. The minimum atomic E-state index is 0.0160. The summed E-state index contributed by atoms with van der Waals surface area (Å²) in [7, 11) is 0. The number of hydrogen-bond acceptors (Lipinski definition) is 2. The number of anilines is 1. The number of carbonyl (C=O) groups is 1. The van der Waals surface area contributed by atoms with E-state index in [-0.39, 0.29) is 11.8 Å². The lowest BCUT2D eigenvalue weighted by molar-refractivity contribution is -0.921. The molecule has 0 spiro atoms. The maximum absolute atomic E-state index is 13.3. The molecular weight excluding hydrogens is 434 g/mol. The molecule has 0 bridgehead atoms. The minimum Gasteiger partial charge on any atom is -0.330 e. The predicted molar refractivity (Wildman–Crippen MR) is 139 cm³/mol. The van der Waals surface area contributed by atoms with E-state index in [0.717, 1.165) is 61.7 Å². The number of piperidine rings is 1. The van der Waals surface area contributed by atoms with Crippen LogP contribution in [0.2, 0.25) is 0 Å². The van der Waals surface area contributed by atoms with Crippen molar-refractivity contribution < 1.29 is 9.69 Å². The number of quaternary nitrogens is 1. The second-order valence-electron chi connectivity index (χ2n) is 9.50. The van der Waals surface area contributed by atoms with Gasteiger partial charge in [-0.3, -0.25) is 4.79 Å². The lowest BCUT2D eigenvalue weighted by atomic mass is 9.96. The van der Waals surface area contributed by atoms with Crippen LogP contribution in [0.15, 0.2) is 79.3 Å². The first-order chi connectivity index (χ1) is 17.1. The standard InChI is InChI=1S/C29H33N5O/c1-3-23-12-9-11-22(2)27(23)31-28(35)24-13-10-16-32(20-24)21-25-19-30-34(26-14-5-4-6-15-26)29(25)33-17-7-8-18-33/h4-9,11-12,14-15,17-19,24H,3,10,13,16,20-21H2,1-2H3,(H,31,35)/p+1. The number of nitrogens with one attached hydrogen (secondary N) is 2. The molecule has 1 aliphatic rings. The number of hydrogen-bond donors (Lipinski definition) is 2. The maximum Gasteiger partial charge on any atom is 0.233 e. The van der Waals surface area contributed by atoms with Gasteiger partial charge in [0.1, 0.15) is 12.4 Å². The molecule has 2 aromatic carbocycles. The first kappa shape index (κ1) is 23.1. The molecule has 0 radical (unpaired) electrons. The summed E-state index contributed by atoms with van der Waals surface area (Å²) in [5.41, 5.74) is 5.54. The molecule has 2 unspecified atom stereocenters. The second-order valence-corrected chi connectivity index (χ2v) is 9.50. The van der Waals surface area contributed by atoms with Gasteiger partial charge in [0, 0.05) is 18.1 Å². The highest BCUT2D eigenvalue weighted by Gasteiger charge is 2.30. The predicted octanol–water partition coefficient (Wildman–Crippen LogP) is 3.97. The Labute approximate surface area is 207 Å². The summed E-state index contributed by atoms with van der Waals surface area (Å²) in [4.78, 5) is 14.7. The molecule has 6 nitrogen and oxygen atoms in total. The highest BCUT2D eigenvalue weighted by molar-refractivity contribution is 5.94. The van der Waals surface area contributed by atoms with Crippen LogP contribution in [-0.4, -0.2) is 33.3 Å². The summed E-state index contributed by atoms with van der Waals surface area (Å²) in [6.07, 6.45) is 9.02. The van der Waals surface area contributed by atoms with Gasteiger partial charge in [0.15, 0.2) is 0 Å². The number of para-hydroxylation sites is 2. The topological polar surface area (TPSA) is 56.3 Å². The molecule has 180 valence electrons. The number of carbonyl (C=O) groups excluding carboxylic acids is 1. The van der Waals surface area contributed by atoms with E-state index in [1.165, 1.54) is 16.0 Å². The normalized spacial score (nSPS) is 17.9. The van der Waals surface area contributed by atoms with Crippen LogP contribution >= 0.6 is 0 Å². The van der Waals surface area contributed by atoms with Gasteiger partial charge in [-0.15, -0.1) is 0 Å². The van der Waals surface area contributed by atoms with Crippen molar-refractivity contribution >= 4 is 11.6 Å². The van der Waals surface area contributed by atoms with Crippen LogP contribution in [0.5, 0.6) is 0 Å². The van der Waals surface area contributed by atoms with Crippen molar-refractivity contribution in [2.24, 2.45) is 5.92 Å². The third kappa shape index (κ3) is 4.93. The van der Waals surface area contributed by atoms with Crippen LogP contribution in [0.4, 0.5) is 5.69 Å². The summed E-state index contributed by atoms with van der Waals surface area (Å²) in [5, 5.41) is 8.02. The maximum atomic E-state index is 13.3. The van der Waals surface area contributed by atoms with Gasteiger partial charge in [0.25, 0.3) is 0 Å². The monoisotopic (exact) mass is 468 g/mol. The average Bonchev–Trinajstić information content (AvgIpc) is 3.56. The van der Waals surface area contributed by atoms with E-state index in [4.69, 9.17) is 5.10 Å². The molecule has 4 aromatic rings. The van der Waals surface area contributed by atoms with Crippen molar-refractivity contribution in [1.29, 1.82) is 0 Å². The SMILES string of the molecule is CCc1cccc(C)c1NC(=O)C1CCC[NH+](Cc2cnn(-c3ccccc3)c2-n2cccc2)C1. The number of benzene rings is 2. The minimum absolute atomic E-state index is 0.0160. The molecule has 35 heavy (non-hydrogen) atoms. The highest BCUT2D eigenvalue weighted by Crippen LogP contribution is 2.23. The number of amides is 1. The van der Waals surface area contributed by atoms with Gasteiger partial charge >= 0.3 is 0 Å². The first-order valence-corrected chi connectivity index (χ1v) is 12.6. The number of aryl methyl sites for hydroxylation is 2. The summed E-state index contributed by atoms with van der Waals surface area (Å²) in [6, 6.07) is 20.6. The van der Waals surface area contributed by atoms with E-state index in [0.29, 0.717) is 0 Å². The van der Waals surface area contributed by atoms with Gasteiger partial charge < -0.3 is 14.8 Å². The molecule has 6 heteroatoms. The fourth-order valence-corrected chi connectivity index (χ4v) is 5.24. The number of rotatable bonds is 7. The molecule has 3 heterocycles. The van der Waals surface area contributed by atoms with Crippen molar-refractivity contribution in [2.75, 3.05) is 18.4 Å². The van der Waals surface area contributed by atoms with Crippen molar-refractivity contribution in [3.63, 3.8) is 0 Å². The summed E-state index contributed by atoms with van der Waals surface area (Å²) >= 11 is 0. The number of likely N-dealkylation sites (tertiary alicyclic amines) is 1. The van der Waals surface area contributed by atoms with E-state index in [1.807, 2.05) is 41.2 Å². The van der Waals surface area contributed by atoms with Gasteiger partial charge in [-0.2, -0.15) is 5.10 Å². The zero-order valence-electron chi connectivity index (χ0n) is 20.6. The second kappa shape index (κ2) is 10.3. The Morgan fingerprint density at radius 3 is 2.63 bits per heavy atom. The van der Waals surface area contributed by atoms with Crippen LogP contribution < -0.4 is 10.2 Å². The van der Waals surface area contributed by atoms with E-state index in [2.05, 4.69) is 66.5 Å². The Kier molecular flexibility index (Phi) is 6.82. The molecule has 2 N–H and O–H groups in total. The average molecular weight is 469 g/mol. The molecule has 2 aromatic heterocycles. The molecule has 5 rings (SSSR count). The van der Waals surface area contributed by atoms with Crippen LogP contribution in [0.1, 0.15) is 36.5 Å². The Hall–Kier alpha value is -3.64. The molecule has 1 fully saturated rings. The van der Waals surface area contributed by atoms with Gasteiger partial charge in [-0.05, 0) is 61.6 Å². The summed E-state index contributed by atoms with van der Waals surface area (Å²) in [6.45, 7) is 6.95. The largest absolute Gasteiger partial charge is 0.330 e. The van der Waals surface area contributed by atoms with Crippen molar-refractivity contribution in [2.45, 2.75) is 39.7 Å². The van der Waals surface area contributed by atoms with Gasteiger partial charge in [-0.1, -0.05) is 43.3 Å². The molecular formula is C29H34N5O+. The summed E-state index contributed by atoms with van der Waals surface area (Å²) in [5.74, 6) is 1.23. The van der Waals surface area contributed by atoms with E-state index >= 15 is 0 Å². The number of aromatic nitrogens is 3. The Balaban J connectivity index is 1.34. The Bertz CT molecular complexity index is 1280. The highest BCUT2D eigenvalue weighted by atomic mass is 16.1. The van der Waals surface area contributed by atoms with E-state index in [1.54, 1.807) is 0 Å². The van der Waals surface area contributed by atoms with Crippen LogP contribution in [-0.2, 0) is 17.8 Å². The van der Waals surface area contributed by atoms with Crippen molar-refractivity contribution in [1.82, 2.24) is 14.3 Å². The fourth-order valence-electron chi connectivity index (χ4n) is 5.24. The van der Waals surface area contributed by atoms with Crippen LogP contribution in [0, 0.1) is 12.8 Å².